The summed E-state index contributed by atoms with van der Waals surface area (Å²) in [4.78, 5) is 15.0. The third kappa shape index (κ3) is 3.71. The van der Waals surface area contributed by atoms with E-state index in [1.165, 1.54) is 17.4 Å². The van der Waals surface area contributed by atoms with Crippen LogP contribution in [0.5, 0.6) is 0 Å². The highest BCUT2D eigenvalue weighted by molar-refractivity contribution is 7.16. The lowest BCUT2D eigenvalue weighted by Crippen LogP contribution is -2.31. The van der Waals surface area contributed by atoms with E-state index >= 15 is 0 Å². The first-order chi connectivity index (χ1) is 10.0. The van der Waals surface area contributed by atoms with Crippen LogP contribution in [0, 0.1) is 12.7 Å². The van der Waals surface area contributed by atoms with Crippen molar-refractivity contribution in [2.24, 2.45) is 0 Å². The smallest absolute Gasteiger partial charge is 0.257 e. The molecule has 0 saturated carbocycles. The van der Waals surface area contributed by atoms with E-state index in [0.29, 0.717) is 23.0 Å². The van der Waals surface area contributed by atoms with Crippen molar-refractivity contribution in [1.82, 2.24) is 4.90 Å². The summed E-state index contributed by atoms with van der Waals surface area (Å²) in [6, 6.07) is 8.47. The predicted molar refractivity (Wildman–Crippen MR) is 85.4 cm³/mol. The summed E-state index contributed by atoms with van der Waals surface area (Å²) < 4.78 is 14.8. The van der Waals surface area contributed by atoms with E-state index in [2.05, 4.69) is 6.58 Å². The summed E-state index contributed by atoms with van der Waals surface area (Å²) in [5.41, 5.74) is 0.540. The monoisotopic (exact) mass is 323 g/mol. The van der Waals surface area contributed by atoms with E-state index in [9.17, 15) is 9.18 Å². The van der Waals surface area contributed by atoms with Gasteiger partial charge in [0.25, 0.3) is 5.91 Å². The molecular formula is C16H15ClFNOS. The van der Waals surface area contributed by atoms with Gasteiger partial charge in [-0.25, -0.2) is 4.39 Å². The quantitative estimate of drug-likeness (QED) is 0.732. The highest BCUT2D eigenvalue weighted by Crippen LogP contribution is 2.24. The highest BCUT2D eigenvalue weighted by atomic mass is 35.5. The largest absolute Gasteiger partial charge is 0.330 e. The Bertz CT molecular complexity index is 668. The van der Waals surface area contributed by atoms with Gasteiger partial charge in [-0.1, -0.05) is 29.8 Å². The van der Waals surface area contributed by atoms with Gasteiger partial charge in [0.05, 0.1) is 16.4 Å². The molecule has 21 heavy (non-hydrogen) atoms. The molecule has 0 atom stereocenters. The fourth-order valence-corrected chi connectivity index (χ4v) is 3.09. The summed E-state index contributed by atoms with van der Waals surface area (Å²) in [5.74, 6) is -0.818. The highest BCUT2D eigenvalue weighted by Gasteiger charge is 2.20. The molecule has 0 aliphatic carbocycles. The van der Waals surface area contributed by atoms with Crippen molar-refractivity contribution in [3.63, 3.8) is 0 Å². The molecule has 0 aliphatic heterocycles. The molecule has 1 amide bonds. The number of thiophene rings is 1. The Labute approximate surface area is 132 Å². The molecule has 110 valence electrons. The number of carbonyl (C=O) groups is 1. The first-order valence-electron chi connectivity index (χ1n) is 6.42. The van der Waals surface area contributed by atoms with Crippen molar-refractivity contribution in [1.29, 1.82) is 0 Å². The van der Waals surface area contributed by atoms with Crippen LogP contribution < -0.4 is 0 Å². The second kappa shape index (κ2) is 6.87. The molecule has 0 fully saturated rings. The molecule has 0 bridgehead atoms. The zero-order valence-corrected chi connectivity index (χ0v) is 13.2. The fourth-order valence-electron chi connectivity index (χ4n) is 1.98. The number of halogens is 2. The van der Waals surface area contributed by atoms with E-state index in [0.717, 1.165) is 4.88 Å². The van der Waals surface area contributed by atoms with Crippen LogP contribution in [0.1, 0.15) is 20.8 Å². The van der Waals surface area contributed by atoms with E-state index < -0.39 is 5.82 Å². The number of rotatable bonds is 5. The molecule has 1 aromatic carbocycles. The summed E-state index contributed by atoms with van der Waals surface area (Å²) >= 11 is 7.30. The minimum absolute atomic E-state index is 0.0829. The Hall–Kier alpha value is -1.65. The number of aryl methyl sites for hydroxylation is 1. The lowest BCUT2D eigenvalue weighted by Gasteiger charge is -2.21. The van der Waals surface area contributed by atoms with Gasteiger partial charge in [0, 0.05) is 11.4 Å². The van der Waals surface area contributed by atoms with Crippen molar-refractivity contribution >= 4 is 28.8 Å². The maximum absolute atomic E-state index is 14.1. The lowest BCUT2D eigenvalue weighted by molar-refractivity contribution is 0.0759. The van der Waals surface area contributed by atoms with Crippen LogP contribution in [-0.2, 0) is 6.54 Å². The molecule has 2 rings (SSSR count). The molecule has 2 aromatic rings. The molecule has 1 heterocycles. The van der Waals surface area contributed by atoms with Gasteiger partial charge in [-0.2, -0.15) is 0 Å². The molecule has 0 N–H and O–H groups in total. The summed E-state index contributed by atoms with van der Waals surface area (Å²) in [5, 5.41) is 0. The SMILES string of the molecule is C=CCN(Cc1ccc(Cl)s1)C(=O)c1cccc(C)c1F. The molecular weight excluding hydrogens is 309 g/mol. The van der Waals surface area contributed by atoms with Gasteiger partial charge >= 0.3 is 0 Å². The van der Waals surface area contributed by atoms with Gasteiger partial charge in [0.2, 0.25) is 0 Å². The number of nitrogens with zero attached hydrogens (tertiary/aromatic N) is 1. The summed E-state index contributed by atoms with van der Waals surface area (Å²) in [7, 11) is 0. The van der Waals surface area contributed by atoms with Crippen LogP contribution in [0.25, 0.3) is 0 Å². The Kier molecular flexibility index (Phi) is 5.15. The zero-order chi connectivity index (χ0) is 15.4. The second-order valence-electron chi connectivity index (χ2n) is 4.62. The van der Waals surface area contributed by atoms with Crippen molar-refractivity contribution in [2.45, 2.75) is 13.5 Å². The van der Waals surface area contributed by atoms with Gasteiger partial charge in [-0.15, -0.1) is 17.9 Å². The maximum Gasteiger partial charge on any atom is 0.257 e. The molecule has 0 unspecified atom stereocenters. The molecule has 0 aliphatic rings. The number of benzene rings is 1. The minimum atomic E-state index is -0.472. The lowest BCUT2D eigenvalue weighted by atomic mass is 10.1. The van der Waals surface area contributed by atoms with E-state index in [1.807, 2.05) is 6.07 Å². The molecule has 1 aromatic heterocycles. The van der Waals surface area contributed by atoms with Crippen molar-refractivity contribution in [2.75, 3.05) is 6.54 Å². The Morgan fingerprint density at radius 2 is 2.19 bits per heavy atom. The first kappa shape index (κ1) is 15.7. The normalized spacial score (nSPS) is 10.4. The van der Waals surface area contributed by atoms with Crippen molar-refractivity contribution in [3.05, 3.63) is 69.1 Å². The van der Waals surface area contributed by atoms with Gasteiger partial charge in [-0.05, 0) is 30.7 Å². The van der Waals surface area contributed by atoms with Crippen LogP contribution in [0.3, 0.4) is 0 Å². The Balaban J connectivity index is 2.26. The van der Waals surface area contributed by atoms with Crippen LogP contribution in [0.15, 0.2) is 43.0 Å². The summed E-state index contributed by atoms with van der Waals surface area (Å²) in [6.45, 7) is 6.03. The summed E-state index contributed by atoms with van der Waals surface area (Å²) in [6.07, 6.45) is 1.63. The van der Waals surface area contributed by atoms with Crippen LogP contribution in [0.2, 0.25) is 4.34 Å². The van der Waals surface area contributed by atoms with Crippen LogP contribution in [0.4, 0.5) is 4.39 Å². The van der Waals surface area contributed by atoms with Crippen LogP contribution >= 0.6 is 22.9 Å². The molecule has 2 nitrogen and oxygen atoms in total. The average Bonchev–Trinajstić information content (AvgIpc) is 2.86. The van der Waals surface area contributed by atoms with Crippen molar-refractivity contribution < 1.29 is 9.18 Å². The van der Waals surface area contributed by atoms with E-state index in [1.54, 1.807) is 36.1 Å². The second-order valence-corrected chi connectivity index (χ2v) is 6.42. The van der Waals surface area contributed by atoms with Crippen LogP contribution in [-0.4, -0.2) is 17.4 Å². The number of hydrogen-bond acceptors (Lipinski definition) is 2. The van der Waals surface area contributed by atoms with Gasteiger partial charge in [0.15, 0.2) is 0 Å². The zero-order valence-electron chi connectivity index (χ0n) is 11.6. The predicted octanol–water partition coefficient (Wildman–Crippen LogP) is 4.68. The van der Waals surface area contributed by atoms with Gasteiger partial charge in [0.1, 0.15) is 5.82 Å². The first-order valence-corrected chi connectivity index (χ1v) is 7.62. The number of hydrogen-bond donors (Lipinski definition) is 0. The average molecular weight is 324 g/mol. The van der Waals surface area contributed by atoms with E-state index in [4.69, 9.17) is 11.6 Å². The topological polar surface area (TPSA) is 20.3 Å². The molecule has 0 spiro atoms. The standard InChI is InChI=1S/C16H15ClFNOS/c1-3-9-19(10-12-7-8-14(17)21-12)16(20)13-6-4-5-11(2)15(13)18/h3-8H,1,9-10H2,2H3. The fraction of sp³-hybridized carbons (Fsp3) is 0.188. The van der Waals surface area contributed by atoms with E-state index in [-0.39, 0.29) is 11.5 Å². The maximum atomic E-state index is 14.1. The minimum Gasteiger partial charge on any atom is -0.330 e. The number of carbonyl (C=O) groups excluding carboxylic acids is 1. The third-order valence-corrected chi connectivity index (χ3v) is 4.25. The van der Waals surface area contributed by atoms with Crippen molar-refractivity contribution in [3.8, 4) is 0 Å². The number of amides is 1. The van der Waals surface area contributed by atoms with Gasteiger partial charge in [-0.3, -0.25) is 4.79 Å². The molecule has 0 radical (unpaired) electrons. The van der Waals surface area contributed by atoms with Gasteiger partial charge < -0.3 is 4.90 Å². The molecule has 5 heteroatoms. The Morgan fingerprint density at radius 1 is 1.43 bits per heavy atom. The molecule has 0 saturated heterocycles. The third-order valence-electron chi connectivity index (χ3n) is 3.03. The Morgan fingerprint density at radius 3 is 2.81 bits per heavy atom.